The van der Waals surface area contributed by atoms with E-state index in [-0.39, 0.29) is 11.9 Å². The van der Waals surface area contributed by atoms with Crippen LogP contribution >= 0.6 is 0 Å². The van der Waals surface area contributed by atoms with Crippen molar-refractivity contribution >= 4 is 17.6 Å². The number of carbonyl (C=O) groups is 2. The molecule has 24 heavy (non-hydrogen) atoms. The van der Waals surface area contributed by atoms with Gasteiger partial charge in [-0.1, -0.05) is 6.07 Å². The van der Waals surface area contributed by atoms with Crippen LogP contribution < -0.4 is 16.4 Å². The van der Waals surface area contributed by atoms with Crippen LogP contribution in [0.2, 0.25) is 0 Å². The number of rotatable bonds is 3. The lowest BCUT2D eigenvalue weighted by Crippen LogP contribution is -2.49. The zero-order valence-corrected chi connectivity index (χ0v) is 13.4. The molecule has 1 atom stereocenters. The number of primary amides is 1. The zero-order valence-electron chi connectivity index (χ0n) is 13.4. The van der Waals surface area contributed by atoms with Gasteiger partial charge in [-0.15, -0.1) is 0 Å². The van der Waals surface area contributed by atoms with Gasteiger partial charge in [0.1, 0.15) is 11.9 Å². The number of benzene rings is 1. The Kier molecular flexibility index (Phi) is 4.48. The van der Waals surface area contributed by atoms with E-state index in [0.29, 0.717) is 24.3 Å². The predicted molar refractivity (Wildman–Crippen MR) is 89.5 cm³/mol. The van der Waals surface area contributed by atoms with E-state index in [2.05, 4.69) is 15.6 Å². The van der Waals surface area contributed by atoms with Crippen molar-refractivity contribution < 1.29 is 9.59 Å². The number of nitrogens with zero attached hydrogens (tertiary/aromatic N) is 3. The summed E-state index contributed by atoms with van der Waals surface area (Å²) in [7, 11) is 1.91. The Morgan fingerprint density at radius 2 is 2.25 bits per heavy atom. The number of carbonyl (C=O) groups excluding carboxylic acids is 2. The number of hydrogen-bond acceptors (Lipinski definition) is 4. The molecule has 8 nitrogen and oxygen atoms in total. The van der Waals surface area contributed by atoms with Crippen LogP contribution in [0.25, 0.3) is 0 Å². The number of nitrogens with one attached hydrogen (secondary N) is 2. The number of imidazole rings is 1. The minimum atomic E-state index is -0.660. The van der Waals surface area contributed by atoms with Gasteiger partial charge in [0.25, 0.3) is 5.91 Å². The minimum Gasteiger partial charge on any atom is -0.351 e. The summed E-state index contributed by atoms with van der Waals surface area (Å²) >= 11 is 0. The molecule has 1 unspecified atom stereocenters. The molecular formula is C16H20N6O2. The monoisotopic (exact) mass is 328 g/mol. The van der Waals surface area contributed by atoms with Crippen LogP contribution in [0, 0.1) is 0 Å². The van der Waals surface area contributed by atoms with Gasteiger partial charge in [0, 0.05) is 50.3 Å². The summed E-state index contributed by atoms with van der Waals surface area (Å²) in [6.45, 7) is 1.96. The van der Waals surface area contributed by atoms with E-state index in [4.69, 9.17) is 5.73 Å². The van der Waals surface area contributed by atoms with Crippen LogP contribution in [0.3, 0.4) is 0 Å². The second-order valence-electron chi connectivity index (χ2n) is 5.68. The van der Waals surface area contributed by atoms with Crippen molar-refractivity contribution in [1.82, 2.24) is 19.8 Å². The molecular weight excluding hydrogens is 308 g/mol. The Hall–Kier alpha value is -2.87. The molecule has 1 aromatic carbocycles. The first-order valence-corrected chi connectivity index (χ1v) is 7.71. The molecule has 2 heterocycles. The fourth-order valence-electron chi connectivity index (χ4n) is 2.91. The Morgan fingerprint density at radius 3 is 2.96 bits per heavy atom. The maximum atomic E-state index is 13.0. The summed E-state index contributed by atoms with van der Waals surface area (Å²) in [5, 5.41) is 5.79. The van der Waals surface area contributed by atoms with Crippen molar-refractivity contribution in [2.75, 3.05) is 25.0 Å². The lowest BCUT2D eigenvalue weighted by Gasteiger charge is -2.35. The number of aromatic nitrogens is 2. The molecule has 8 heteroatoms. The highest BCUT2D eigenvalue weighted by Gasteiger charge is 2.31. The van der Waals surface area contributed by atoms with Gasteiger partial charge in [0.05, 0.1) is 0 Å². The predicted octanol–water partition coefficient (Wildman–Crippen LogP) is 0.697. The summed E-state index contributed by atoms with van der Waals surface area (Å²) in [4.78, 5) is 30.2. The molecule has 2 aromatic rings. The number of anilines is 1. The second-order valence-corrected chi connectivity index (χ2v) is 5.68. The van der Waals surface area contributed by atoms with Crippen LogP contribution in [0.5, 0.6) is 0 Å². The van der Waals surface area contributed by atoms with Gasteiger partial charge >= 0.3 is 6.03 Å². The van der Waals surface area contributed by atoms with Crippen LogP contribution in [-0.2, 0) is 7.05 Å². The Balaban J connectivity index is 1.87. The lowest BCUT2D eigenvalue weighted by atomic mass is 10.1. The minimum absolute atomic E-state index is 0.0994. The maximum absolute atomic E-state index is 13.0. The van der Waals surface area contributed by atoms with Crippen LogP contribution in [0.15, 0.2) is 36.7 Å². The van der Waals surface area contributed by atoms with E-state index in [1.165, 1.54) is 0 Å². The molecule has 0 saturated carbocycles. The van der Waals surface area contributed by atoms with Crippen molar-refractivity contribution in [3.8, 4) is 0 Å². The quantitative estimate of drug-likeness (QED) is 0.771. The second kappa shape index (κ2) is 6.71. The summed E-state index contributed by atoms with van der Waals surface area (Å²) in [6.07, 6.45) is 3.59. The third-order valence-corrected chi connectivity index (χ3v) is 4.04. The van der Waals surface area contributed by atoms with Gasteiger partial charge in [0.2, 0.25) is 0 Å². The molecule has 0 radical (unpaired) electrons. The number of hydrogen-bond donors (Lipinski definition) is 3. The molecule has 0 aliphatic carbocycles. The largest absolute Gasteiger partial charge is 0.351 e. The van der Waals surface area contributed by atoms with E-state index < -0.39 is 6.03 Å². The molecule has 126 valence electrons. The SMILES string of the molecule is Cn1ccnc1C1CNCCN1C(=O)c1cccc(NC(N)=O)c1. The maximum Gasteiger partial charge on any atom is 0.316 e. The molecule has 3 amide bonds. The van der Waals surface area contributed by atoms with Crippen molar-refractivity contribution in [3.05, 3.63) is 48.0 Å². The van der Waals surface area contributed by atoms with Gasteiger partial charge in [0.15, 0.2) is 0 Å². The summed E-state index contributed by atoms with van der Waals surface area (Å²) in [5.74, 6) is 0.736. The molecule has 1 aromatic heterocycles. The molecule has 1 saturated heterocycles. The van der Waals surface area contributed by atoms with E-state index in [9.17, 15) is 9.59 Å². The fraction of sp³-hybridized carbons (Fsp3) is 0.312. The smallest absolute Gasteiger partial charge is 0.316 e. The first-order chi connectivity index (χ1) is 11.6. The number of aryl methyl sites for hydroxylation is 1. The third kappa shape index (κ3) is 3.23. The summed E-state index contributed by atoms with van der Waals surface area (Å²) < 4.78 is 1.92. The molecule has 0 spiro atoms. The number of amides is 3. The van der Waals surface area contributed by atoms with E-state index in [1.807, 2.05) is 22.7 Å². The average Bonchev–Trinajstić information content (AvgIpc) is 3.00. The van der Waals surface area contributed by atoms with Crippen LogP contribution in [-0.4, -0.2) is 46.0 Å². The van der Waals surface area contributed by atoms with Crippen molar-refractivity contribution in [1.29, 1.82) is 0 Å². The molecule has 1 aliphatic rings. The van der Waals surface area contributed by atoms with Crippen molar-refractivity contribution in [2.45, 2.75) is 6.04 Å². The Morgan fingerprint density at radius 1 is 1.42 bits per heavy atom. The molecule has 3 rings (SSSR count). The van der Waals surface area contributed by atoms with Crippen molar-refractivity contribution in [2.24, 2.45) is 12.8 Å². The number of piperazine rings is 1. The molecule has 0 bridgehead atoms. The molecule has 1 aliphatic heterocycles. The average molecular weight is 328 g/mol. The third-order valence-electron chi connectivity index (χ3n) is 4.04. The Bertz CT molecular complexity index is 757. The van der Waals surface area contributed by atoms with Crippen LogP contribution in [0.1, 0.15) is 22.2 Å². The zero-order chi connectivity index (χ0) is 17.1. The lowest BCUT2D eigenvalue weighted by molar-refractivity contribution is 0.0621. The van der Waals surface area contributed by atoms with E-state index in [1.54, 1.807) is 30.5 Å². The highest BCUT2D eigenvalue weighted by atomic mass is 16.2. The number of nitrogens with two attached hydrogens (primary N) is 1. The van der Waals surface area contributed by atoms with Crippen LogP contribution in [0.4, 0.5) is 10.5 Å². The molecule has 4 N–H and O–H groups in total. The van der Waals surface area contributed by atoms with Crippen molar-refractivity contribution in [3.63, 3.8) is 0 Å². The van der Waals surface area contributed by atoms with Gasteiger partial charge in [-0.25, -0.2) is 9.78 Å². The first kappa shape index (κ1) is 16.0. The highest BCUT2D eigenvalue weighted by molar-refractivity contribution is 5.97. The topological polar surface area (TPSA) is 105 Å². The van der Waals surface area contributed by atoms with E-state index >= 15 is 0 Å². The van der Waals surface area contributed by atoms with Gasteiger partial charge < -0.3 is 25.8 Å². The molecule has 1 fully saturated rings. The number of urea groups is 1. The highest BCUT2D eigenvalue weighted by Crippen LogP contribution is 2.23. The Labute approximate surface area is 139 Å². The summed E-state index contributed by atoms with van der Waals surface area (Å²) in [5.41, 5.74) is 6.13. The van der Waals surface area contributed by atoms with Gasteiger partial charge in [-0.3, -0.25) is 4.79 Å². The van der Waals surface area contributed by atoms with Gasteiger partial charge in [-0.2, -0.15) is 0 Å². The normalized spacial score (nSPS) is 17.5. The standard InChI is InChI=1S/C16H20N6O2/c1-21-7-6-19-14(21)13-10-18-5-8-22(13)15(23)11-3-2-4-12(9-11)20-16(17)24/h2-4,6-7,9,13,18H,5,8,10H2,1H3,(H3,17,20,24). The first-order valence-electron chi connectivity index (χ1n) is 7.71. The fourth-order valence-corrected chi connectivity index (χ4v) is 2.91. The van der Waals surface area contributed by atoms with E-state index in [0.717, 1.165) is 12.4 Å². The summed E-state index contributed by atoms with van der Waals surface area (Å²) in [6, 6.07) is 5.97. The van der Waals surface area contributed by atoms with Gasteiger partial charge in [-0.05, 0) is 18.2 Å².